The Bertz CT molecular complexity index is 4560. The van der Waals surface area contributed by atoms with Gasteiger partial charge >= 0.3 is 0 Å². The topological polar surface area (TPSA) is 77.8 Å². The summed E-state index contributed by atoms with van der Waals surface area (Å²) in [4.78, 5) is 20.4. The summed E-state index contributed by atoms with van der Waals surface area (Å²) in [5, 5.41) is 6.58. The first-order valence-corrected chi connectivity index (χ1v) is 25.5. The number of pyridine rings is 2. The van der Waals surface area contributed by atoms with E-state index >= 15 is 0 Å². The van der Waals surface area contributed by atoms with Gasteiger partial charge in [0.1, 0.15) is 22.3 Å². The van der Waals surface area contributed by atoms with E-state index in [1.165, 1.54) is 0 Å². The summed E-state index contributed by atoms with van der Waals surface area (Å²) in [5.41, 5.74) is 20.3. The Kier molecular flexibility index (Phi) is 10.1. The zero-order valence-corrected chi connectivity index (χ0v) is 40.9. The third kappa shape index (κ3) is 7.50. The first kappa shape index (κ1) is 43.3. The second kappa shape index (κ2) is 17.7. The molecule has 15 aromatic rings. The maximum atomic E-state index is 6.47. The van der Waals surface area contributed by atoms with Crippen LogP contribution in [-0.2, 0) is 0 Å². The minimum absolute atomic E-state index is 0.646. The summed E-state index contributed by atoms with van der Waals surface area (Å²) in [6.07, 6.45) is 1.83. The van der Waals surface area contributed by atoms with Crippen molar-refractivity contribution < 1.29 is 8.83 Å². The van der Waals surface area contributed by atoms with Crippen molar-refractivity contribution in [2.45, 2.75) is 0 Å². The molecule has 0 atom stereocenters. The lowest BCUT2D eigenvalue weighted by Gasteiger charge is -2.14. The minimum atomic E-state index is 0.646. The maximum Gasteiger partial charge on any atom is 0.160 e. The van der Waals surface area contributed by atoms with Gasteiger partial charge in [0.15, 0.2) is 5.82 Å². The van der Waals surface area contributed by atoms with E-state index < -0.39 is 0 Å². The molecule has 0 aliphatic rings. The van der Waals surface area contributed by atoms with Gasteiger partial charge in [0.2, 0.25) is 0 Å². The molecule has 0 bridgehead atoms. The van der Waals surface area contributed by atoms with Crippen LogP contribution in [0.2, 0.25) is 0 Å². The minimum Gasteiger partial charge on any atom is -0.455 e. The van der Waals surface area contributed by atoms with Crippen molar-refractivity contribution in [3.8, 4) is 89.7 Å². The lowest BCUT2D eigenvalue weighted by molar-refractivity contribution is 0.669. The van der Waals surface area contributed by atoms with E-state index in [0.29, 0.717) is 5.82 Å². The van der Waals surface area contributed by atoms with Crippen molar-refractivity contribution in [3.63, 3.8) is 0 Å². The number of hydrogen-bond donors (Lipinski definition) is 0. The molecule has 354 valence electrons. The van der Waals surface area contributed by atoms with E-state index in [1.807, 2.05) is 54.7 Å². The fraction of sp³-hybridized carbons (Fsp3) is 0. The van der Waals surface area contributed by atoms with Gasteiger partial charge in [-0.15, -0.1) is 0 Å². The number of aromatic nitrogens is 4. The molecule has 0 radical (unpaired) electrons. The zero-order chi connectivity index (χ0) is 50.1. The molecule has 0 spiro atoms. The highest BCUT2D eigenvalue weighted by Gasteiger charge is 2.18. The smallest absolute Gasteiger partial charge is 0.160 e. The highest BCUT2D eigenvalue weighted by atomic mass is 16.3. The summed E-state index contributed by atoms with van der Waals surface area (Å²) in [7, 11) is 0. The fourth-order valence-electron chi connectivity index (χ4n) is 10.9. The number of hydrogen-bond acceptors (Lipinski definition) is 6. The predicted molar refractivity (Wildman–Crippen MR) is 311 cm³/mol. The number of para-hydroxylation sites is 4. The molecule has 5 heterocycles. The quantitative estimate of drug-likeness (QED) is 0.141. The monoisotopic (exact) mass is 970 g/mol. The Morgan fingerprint density at radius 1 is 0.263 bits per heavy atom. The van der Waals surface area contributed by atoms with Crippen molar-refractivity contribution in [2.24, 2.45) is 0 Å². The summed E-state index contributed by atoms with van der Waals surface area (Å²) in [6.45, 7) is 0. The van der Waals surface area contributed by atoms with Crippen molar-refractivity contribution in [1.29, 1.82) is 0 Å². The van der Waals surface area contributed by atoms with Gasteiger partial charge in [-0.05, 0) is 81.9 Å². The van der Waals surface area contributed by atoms with E-state index in [0.717, 1.165) is 150 Å². The molecule has 0 aliphatic heterocycles. The summed E-state index contributed by atoms with van der Waals surface area (Å²) < 4.78 is 12.9. The SMILES string of the molecule is c1ccc(-c2nc(-c3ccc(-c4ccc5ccc6cccnc6c5n4)cc3)cc(-c3cc(-c4ccc(-c5cccc6c5oc5ccccc56)cc4)cc(-c4ccc(-c5cccc6c5oc5ccccc56)cc4)c3)n2)cc1. The number of rotatable bonds is 8. The Hall–Kier alpha value is -10.3. The second-order valence-electron chi connectivity index (χ2n) is 19.3. The molecule has 6 heteroatoms. The number of fused-ring (bicyclic) bond motifs is 9. The molecule has 15 rings (SSSR count). The summed E-state index contributed by atoms with van der Waals surface area (Å²) in [5.74, 6) is 0.646. The molecule has 0 saturated heterocycles. The van der Waals surface area contributed by atoms with E-state index in [4.69, 9.17) is 23.8 Å². The molecule has 0 saturated carbocycles. The predicted octanol–water partition coefficient (Wildman–Crippen LogP) is 18.7. The van der Waals surface area contributed by atoms with Crippen molar-refractivity contribution >= 4 is 65.7 Å². The van der Waals surface area contributed by atoms with Gasteiger partial charge in [-0.25, -0.2) is 15.0 Å². The van der Waals surface area contributed by atoms with E-state index in [2.05, 4.69) is 205 Å². The molecule has 76 heavy (non-hydrogen) atoms. The molecular formula is C70H42N4O2. The highest BCUT2D eigenvalue weighted by Crippen LogP contribution is 2.41. The number of furan rings is 2. The van der Waals surface area contributed by atoms with Gasteiger partial charge in [-0.2, -0.15) is 0 Å². The Morgan fingerprint density at radius 2 is 0.737 bits per heavy atom. The van der Waals surface area contributed by atoms with Crippen LogP contribution >= 0.6 is 0 Å². The lowest BCUT2D eigenvalue weighted by atomic mass is 9.92. The van der Waals surface area contributed by atoms with Crippen molar-refractivity contribution in [3.05, 3.63) is 255 Å². The molecule has 6 nitrogen and oxygen atoms in total. The summed E-state index contributed by atoms with van der Waals surface area (Å²) in [6, 6.07) is 87.0. The van der Waals surface area contributed by atoms with Gasteiger partial charge < -0.3 is 8.83 Å². The van der Waals surface area contributed by atoms with Crippen molar-refractivity contribution in [2.75, 3.05) is 0 Å². The van der Waals surface area contributed by atoms with Crippen LogP contribution in [0, 0.1) is 0 Å². The van der Waals surface area contributed by atoms with E-state index in [1.54, 1.807) is 0 Å². The largest absolute Gasteiger partial charge is 0.455 e. The van der Waals surface area contributed by atoms with E-state index in [-0.39, 0.29) is 0 Å². The van der Waals surface area contributed by atoms with Crippen molar-refractivity contribution in [1.82, 2.24) is 19.9 Å². The lowest BCUT2D eigenvalue weighted by Crippen LogP contribution is -1.97. The number of nitrogens with zero attached hydrogens (tertiary/aromatic N) is 4. The Morgan fingerprint density at radius 3 is 1.34 bits per heavy atom. The normalized spacial score (nSPS) is 11.7. The standard InChI is InChI=1S/C70H42N4O2/c1-2-11-51(12-3-1)70-73-62(48-32-30-47(31-33-48)61-37-36-50-35-34-49-13-10-38-71-66(49)67(50)72-61)42-63(74-70)54-40-52(43-22-26-45(27-23-43)55-16-8-18-59-57-14-4-6-20-64(57)75-68(55)59)39-53(41-54)44-24-28-46(29-25-44)56-17-9-19-60-58-15-5-7-21-65(58)76-69(56)60/h1-42H. The van der Waals surface area contributed by atoms with Crippen LogP contribution in [-0.4, -0.2) is 19.9 Å². The van der Waals surface area contributed by atoms with Crippen LogP contribution in [0.25, 0.3) is 155 Å². The highest BCUT2D eigenvalue weighted by molar-refractivity contribution is 6.11. The average molecular weight is 971 g/mol. The first-order valence-electron chi connectivity index (χ1n) is 25.5. The first-order chi connectivity index (χ1) is 37.6. The van der Waals surface area contributed by atoms with Crippen LogP contribution in [0.1, 0.15) is 0 Å². The van der Waals surface area contributed by atoms with Crippen LogP contribution in [0.15, 0.2) is 264 Å². The van der Waals surface area contributed by atoms with Gasteiger partial charge in [-0.3, -0.25) is 4.98 Å². The Labute approximate surface area is 436 Å². The second-order valence-corrected chi connectivity index (χ2v) is 19.3. The molecule has 0 fully saturated rings. The molecule has 5 aromatic heterocycles. The van der Waals surface area contributed by atoms with Crippen LogP contribution < -0.4 is 0 Å². The van der Waals surface area contributed by atoms with Gasteiger partial charge in [0.05, 0.1) is 28.1 Å². The molecule has 0 amide bonds. The van der Waals surface area contributed by atoms with Crippen LogP contribution in [0.4, 0.5) is 0 Å². The van der Waals surface area contributed by atoms with E-state index in [9.17, 15) is 0 Å². The Balaban J connectivity index is 0.849. The maximum absolute atomic E-state index is 6.47. The molecule has 0 unspecified atom stereocenters. The van der Waals surface area contributed by atoms with Gasteiger partial charge in [0, 0.05) is 71.9 Å². The fourth-order valence-corrected chi connectivity index (χ4v) is 10.9. The van der Waals surface area contributed by atoms with Gasteiger partial charge in [0.25, 0.3) is 0 Å². The van der Waals surface area contributed by atoms with Crippen LogP contribution in [0.5, 0.6) is 0 Å². The van der Waals surface area contributed by atoms with Gasteiger partial charge in [-0.1, -0.05) is 200 Å². The average Bonchev–Trinajstić information content (AvgIpc) is 4.11. The molecule has 10 aromatic carbocycles. The molecule has 0 aliphatic carbocycles. The van der Waals surface area contributed by atoms with Crippen LogP contribution in [0.3, 0.4) is 0 Å². The summed E-state index contributed by atoms with van der Waals surface area (Å²) >= 11 is 0. The number of benzene rings is 10. The molecule has 0 N–H and O–H groups in total. The third-order valence-electron chi connectivity index (χ3n) is 14.8. The molecular weight excluding hydrogens is 929 g/mol. The zero-order valence-electron chi connectivity index (χ0n) is 40.9. The third-order valence-corrected chi connectivity index (χ3v) is 14.8.